The number of hydrogen-bond acceptors (Lipinski definition) is 1. The monoisotopic (exact) mass is 226 g/mol. The lowest BCUT2D eigenvalue weighted by atomic mass is 10.3. The van der Waals surface area contributed by atoms with Crippen LogP contribution in [0.2, 0.25) is 0 Å². The molecule has 0 fully saturated rings. The molecule has 0 aliphatic carbocycles. The van der Waals surface area contributed by atoms with Gasteiger partial charge in [0.15, 0.2) is 4.77 Å². The van der Waals surface area contributed by atoms with Crippen LogP contribution >= 0.6 is 12.2 Å². The molecule has 1 aromatic heterocycles. The fourth-order valence-electron chi connectivity index (χ4n) is 1.38. The normalized spacial score (nSPS) is 10.6. The van der Waals surface area contributed by atoms with E-state index in [9.17, 15) is 8.78 Å². The molecule has 0 unspecified atom stereocenters. The molecule has 0 amide bonds. The van der Waals surface area contributed by atoms with Crippen LogP contribution in [0.1, 0.15) is 5.69 Å². The largest absolute Gasteiger partial charge is 0.335 e. The molecule has 2 aromatic rings. The van der Waals surface area contributed by atoms with Gasteiger partial charge in [-0.1, -0.05) is 0 Å². The van der Waals surface area contributed by atoms with Crippen molar-refractivity contribution in [2.45, 2.75) is 6.92 Å². The Morgan fingerprint density at radius 2 is 1.80 bits per heavy atom. The number of hydrogen-bond donors (Lipinski definition) is 1. The average molecular weight is 226 g/mol. The van der Waals surface area contributed by atoms with Crippen LogP contribution in [0.15, 0.2) is 24.4 Å². The van der Waals surface area contributed by atoms with Crippen LogP contribution < -0.4 is 0 Å². The molecule has 1 N–H and O–H groups in total. The van der Waals surface area contributed by atoms with Crippen molar-refractivity contribution >= 4 is 12.2 Å². The third-order valence-electron chi connectivity index (χ3n) is 1.97. The second kappa shape index (κ2) is 3.58. The van der Waals surface area contributed by atoms with Gasteiger partial charge in [-0.15, -0.1) is 0 Å². The zero-order valence-corrected chi connectivity index (χ0v) is 8.74. The van der Waals surface area contributed by atoms with Gasteiger partial charge in [0.2, 0.25) is 0 Å². The van der Waals surface area contributed by atoms with Crippen LogP contribution in [-0.2, 0) is 0 Å². The Labute approximate surface area is 90.2 Å². The average Bonchev–Trinajstić information content (AvgIpc) is 2.43. The van der Waals surface area contributed by atoms with Crippen molar-refractivity contribution in [3.05, 3.63) is 46.5 Å². The fourth-order valence-corrected chi connectivity index (χ4v) is 1.70. The van der Waals surface area contributed by atoms with Crippen LogP contribution in [0.5, 0.6) is 0 Å². The van der Waals surface area contributed by atoms with Gasteiger partial charge in [-0.3, -0.25) is 4.57 Å². The second-order valence-corrected chi connectivity index (χ2v) is 3.63. The van der Waals surface area contributed by atoms with E-state index in [0.717, 1.165) is 11.8 Å². The van der Waals surface area contributed by atoms with E-state index in [1.54, 1.807) is 6.20 Å². The lowest BCUT2D eigenvalue weighted by Gasteiger charge is -2.02. The number of halogens is 2. The third kappa shape index (κ3) is 1.97. The van der Waals surface area contributed by atoms with Crippen molar-refractivity contribution in [2.24, 2.45) is 0 Å². The van der Waals surface area contributed by atoms with Crippen molar-refractivity contribution in [1.82, 2.24) is 9.55 Å². The molecule has 0 aliphatic rings. The Morgan fingerprint density at radius 3 is 2.27 bits per heavy atom. The summed E-state index contributed by atoms with van der Waals surface area (Å²) in [5.41, 5.74) is 1.21. The van der Waals surface area contributed by atoms with Gasteiger partial charge in [0.25, 0.3) is 0 Å². The number of nitrogens with one attached hydrogen (secondary N) is 1. The molecule has 0 saturated heterocycles. The van der Waals surface area contributed by atoms with Gasteiger partial charge in [0.1, 0.15) is 11.6 Å². The van der Waals surface area contributed by atoms with Crippen LogP contribution in [0.3, 0.4) is 0 Å². The van der Waals surface area contributed by atoms with Gasteiger partial charge in [-0.05, 0) is 31.3 Å². The third-order valence-corrected chi connectivity index (χ3v) is 2.27. The number of aromatic amines is 1. The summed E-state index contributed by atoms with van der Waals surface area (Å²) in [4.78, 5) is 2.88. The summed E-state index contributed by atoms with van der Waals surface area (Å²) < 4.78 is 27.8. The summed E-state index contributed by atoms with van der Waals surface area (Å²) in [5, 5.41) is 0. The number of aromatic nitrogens is 2. The molecule has 1 aromatic carbocycles. The molecule has 15 heavy (non-hydrogen) atoms. The highest BCUT2D eigenvalue weighted by Gasteiger charge is 2.04. The zero-order chi connectivity index (χ0) is 11.0. The van der Waals surface area contributed by atoms with Crippen LogP contribution in [-0.4, -0.2) is 9.55 Å². The molecular weight excluding hydrogens is 218 g/mol. The van der Waals surface area contributed by atoms with E-state index >= 15 is 0 Å². The first-order valence-corrected chi connectivity index (χ1v) is 4.72. The molecule has 0 aliphatic heterocycles. The maximum atomic E-state index is 13.0. The molecule has 2 nitrogen and oxygen atoms in total. The number of nitrogens with zero attached hydrogens (tertiary/aromatic N) is 1. The van der Waals surface area contributed by atoms with Crippen LogP contribution in [0.4, 0.5) is 8.78 Å². The van der Waals surface area contributed by atoms with Crippen molar-refractivity contribution < 1.29 is 8.78 Å². The molecule has 2 rings (SSSR count). The highest BCUT2D eigenvalue weighted by atomic mass is 32.1. The summed E-state index contributed by atoms with van der Waals surface area (Å²) in [6.07, 6.45) is 1.69. The molecule has 1 heterocycles. The number of rotatable bonds is 1. The maximum absolute atomic E-state index is 13.0. The van der Waals surface area contributed by atoms with Gasteiger partial charge in [-0.25, -0.2) is 8.78 Å². The molecule has 0 spiro atoms. The number of aryl methyl sites for hydroxylation is 1. The Morgan fingerprint density at radius 1 is 1.20 bits per heavy atom. The van der Waals surface area contributed by atoms with E-state index in [4.69, 9.17) is 12.2 Å². The molecule has 5 heteroatoms. The molecular formula is C10H8F2N2S. The van der Waals surface area contributed by atoms with Gasteiger partial charge >= 0.3 is 0 Å². The Bertz CT molecular complexity index is 537. The predicted molar refractivity (Wildman–Crippen MR) is 55.6 cm³/mol. The lowest BCUT2D eigenvalue weighted by molar-refractivity contribution is 0.581. The highest BCUT2D eigenvalue weighted by molar-refractivity contribution is 7.71. The van der Waals surface area contributed by atoms with E-state index in [2.05, 4.69) is 4.98 Å². The van der Waals surface area contributed by atoms with Crippen molar-refractivity contribution in [1.29, 1.82) is 0 Å². The minimum absolute atomic E-state index is 0.377. The summed E-state index contributed by atoms with van der Waals surface area (Å²) in [6.45, 7) is 1.82. The minimum Gasteiger partial charge on any atom is -0.335 e. The zero-order valence-electron chi connectivity index (χ0n) is 7.92. The fraction of sp³-hybridized carbons (Fsp3) is 0.100. The Kier molecular flexibility index (Phi) is 2.40. The maximum Gasteiger partial charge on any atom is 0.181 e. The Hall–Kier alpha value is -1.49. The van der Waals surface area contributed by atoms with E-state index in [1.807, 2.05) is 6.92 Å². The van der Waals surface area contributed by atoms with E-state index in [0.29, 0.717) is 10.5 Å². The smallest absolute Gasteiger partial charge is 0.181 e. The Balaban J connectivity index is 2.63. The van der Waals surface area contributed by atoms with Crippen molar-refractivity contribution in [2.75, 3.05) is 0 Å². The summed E-state index contributed by atoms with van der Waals surface area (Å²) in [5.74, 6) is -1.24. The van der Waals surface area contributed by atoms with E-state index in [1.165, 1.54) is 16.7 Å². The second-order valence-electron chi connectivity index (χ2n) is 3.24. The van der Waals surface area contributed by atoms with Crippen LogP contribution in [0, 0.1) is 23.3 Å². The van der Waals surface area contributed by atoms with E-state index in [-0.39, 0.29) is 0 Å². The van der Waals surface area contributed by atoms with E-state index < -0.39 is 11.6 Å². The first kappa shape index (κ1) is 10.0. The van der Waals surface area contributed by atoms with Gasteiger partial charge in [0, 0.05) is 18.0 Å². The molecule has 0 saturated carbocycles. The molecule has 0 bridgehead atoms. The van der Waals surface area contributed by atoms with Gasteiger partial charge in [-0.2, -0.15) is 0 Å². The molecule has 78 valence electrons. The first-order valence-electron chi connectivity index (χ1n) is 4.31. The quantitative estimate of drug-likeness (QED) is 0.741. The van der Waals surface area contributed by atoms with Gasteiger partial charge in [0.05, 0.1) is 5.69 Å². The molecule has 0 atom stereocenters. The highest BCUT2D eigenvalue weighted by Crippen LogP contribution is 2.14. The summed E-state index contributed by atoms with van der Waals surface area (Å²) in [6, 6.07) is 3.28. The van der Waals surface area contributed by atoms with Gasteiger partial charge < -0.3 is 4.98 Å². The number of benzene rings is 1. The summed E-state index contributed by atoms with van der Waals surface area (Å²) in [7, 11) is 0. The first-order chi connectivity index (χ1) is 7.06. The topological polar surface area (TPSA) is 20.7 Å². The standard InChI is InChI=1S/C10H8F2N2S/c1-6-5-14(10(15)13-6)9-3-7(11)2-8(12)4-9/h2-5H,1H3,(H,13,15). The SMILES string of the molecule is Cc1cn(-c2cc(F)cc(F)c2)c(=S)[nH]1. The number of H-pyrrole nitrogens is 1. The van der Waals surface area contributed by atoms with Crippen molar-refractivity contribution in [3.63, 3.8) is 0 Å². The van der Waals surface area contributed by atoms with Crippen LogP contribution in [0.25, 0.3) is 5.69 Å². The molecule has 0 radical (unpaired) electrons. The van der Waals surface area contributed by atoms with Crippen molar-refractivity contribution in [3.8, 4) is 5.69 Å². The summed E-state index contributed by atoms with van der Waals surface area (Å²) >= 11 is 5.00. The lowest BCUT2D eigenvalue weighted by Crippen LogP contribution is -1.94. The number of imidazole rings is 1. The minimum atomic E-state index is -0.620. The predicted octanol–water partition coefficient (Wildman–Crippen LogP) is 3.12.